The van der Waals surface area contributed by atoms with E-state index in [9.17, 15) is 4.39 Å². The van der Waals surface area contributed by atoms with E-state index in [1.54, 1.807) is 18.2 Å². The van der Waals surface area contributed by atoms with E-state index in [-0.39, 0.29) is 5.02 Å². The average molecular weight is 291 g/mol. The van der Waals surface area contributed by atoms with Crippen LogP contribution in [0.15, 0.2) is 30.3 Å². The van der Waals surface area contributed by atoms with Crippen molar-refractivity contribution in [1.82, 2.24) is 0 Å². The number of hydrogen-bond donors (Lipinski definition) is 1. The largest absolute Gasteiger partial charge is 0.397 e. The monoisotopic (exact) mass is 289 g/mol. The maximum Gasteiger partial charge on any atom is 0.125 e. The molecule has 17 heavy (non-hydrogen) atoms. The van der Waals surface area contributed by atoms with Crippen molar-refractivity contribution in [3.63, 3.8) is 0 Å². The van der Waals surface area contributed by atoms with E-state index < -0.39 is 5.82 Å². The number of anilines is 1. The smallest absolute Gasteiger partial charge is 0.125 e. The fourth-order valence-corrected chi connectivity index (χ4v) is 1.99. The lowest BCUT2D eigenvalue weighted by atomic mass is 10.0. The molecule has 0 saturated carbocycles. The Bertz CT molecular complexity index is 584. The maximum absolute atomic E-state index is 13.3. The summed E-state index contributed by atoms with van der Waals surface area (Å²) in [5, 5.41) is 0.978. The minimum atomic E-state index is -0.453. The highest BCUT2D eigenvalue weighted by atomic mass is 35.5. The molecule has 0 aliphatic carbocycles. The van der Waals surface area contributed by atoms with Crippen molar-refractivity contribution in [1.29, 1.82) is 0 Å². The molecule has 0 saturated heterocycles. The highest BCUT2D eigenvalue weighted by Crippen LogP contribution is 2.35. The highest BCUT2D eigenvalue weighted by molar-refractivity contribution is 6.42. The lowest BCUT2D eigenvalue weighted by Gasteiger charge is -2.09. The lowest BCUT2D eigenvalue weighted by molar-refractivity contribution is 0.628. The highest BCUT2D eigenvalue weighted by Gasteiger charge is 2.10. The second-order valence-electron chi connectivity index (χ2n) is 3.48. The quantitative estimate of drug-likeness (QED) is 0.732. The van der Waals surface area contributed by atoms with Crippen LogP contribution >= 0.6 is 34.8 Å². The Morgan fingerprint density at radius 2 is 1.59 bits per heavy atom. The van der Waals surface area contributed by atoms with E-state index >= 15 is 0 Å². The molecule has 0 aliphatic rings. The number of hydrogen-bond acceptors (Lipinski definition) is 1. The molecule has 0 radical (unpaired) electrons. The number of benzene rings is 2. The molecular weight excluding hydrogens is 283 g/mol. The van der Waals surface area contributed by atoms with Crippen LogP contribution in [0.4, 0.5) is 10.1 Å². The van der Waals surface area contributed by atoms with Crippen molar-refractivity contribution in [3.05, 3.63) is 51.2 Å². The summed E-state index contributed by atoms with van der Waals surface area (Å²) < 4.78 is 13.3. The normalized spacial score (nSPS) is 10.6. The Kier molecular flexibility index (Phi) is 3.48. The van der Waals surface area contributed by atoms with Gasteiger partial charge in [0.1, 0.15) is 5.82 Å². The van der Waals surface area contributed by atoms with Crippen molar-refractivity contribution in [2.45, 2.75) is 0 Å². The summed E-state index contributed by atoms with van der Waals surface area (Å²) in [4.78, 5) is 0. The molecule has 0 unspecified atom stereocenters. The molecule has 0 atom stereocenters. The Labute approximate surface area is 113 Å². The minimum Gasteiger partial charge on any atom is -0.397 e. The number of rotatable bonds is 1. The molecule has 0 fully saturated rings. The van der Waals surface area contributed by atoms with Crippen molar-refractivity contribution >= 4 is 40.5 Å². The van der Waals surface area contributed by atoms with Crippen LogP contribution in [-0.2, 0) is 0 Å². The van der Waals surface area contributed by atoms with Gasteiger partial charge in [-0.1, -0.05) is 40.9 Å². The third-order valence-corrected chi connectivity index (χ3v) is 3.38. The van der Waals surface area contributed by atoms with Gasteiger partial charge < -0.3 is 5.73 Å². The Hall–Kier alpha value is -0.960. The van der Waals surface area contributed by atoms with Gasteiger partial charge in [0.15, 0.2) is 0 Å². The number of nitrogens with two attached hydrogens (primary N) is 1. The van der Waals surface area contributed by atoms with E-state index in [4.69, 9.17) is 40.5 Å². The summed E-state index contributed by atoms with van der Waals surface area (Å²) in [7, 11) is 0. The summed E-state index contributed by atoms with van der Waals surface area (Å²) in [5.41, 5.74) is 7.27. The Balaban J connectivity index is 2.64. The molecule has 88 valence electrons. The van der Waals surface area contributed by atoms with Gasteiger partial charge in [-0.15, -0.1) is 0 Å². The van der Waals surface area contributed by atoms with Crippen molar-refractivity contribution < 1.29 is 4.39 Å². The molecule has 2 rings (SSSR count). The Morgan fingerprint density at radius 3 is 2.24 bits per heavy atom. The molecule has 2 N–H and O–H groups in total. The maximum atomic E-state index is 13.3. The van der Waals surface area contributed by atoms with Crippen LogP contribution in [0, 0.1) is 5.82 Å². The predicted octanol–water partition coefficient (Wildman–Crippen LogP) is 5.04. The summed E-state index contributed by atoms with van der Waals surface area (Å²) in [6, 6.07) is 7.41. The molecule has 0 amide bonds. The summed E-state index contributed by atoms with van der Waals surface area (Å²) in [6.45, 7) is 0. The summed E-state index contributed by atoms with van der Waals surface area (Å²) in [6.07, 6.45) is 0. The topological polar surface area (TPSA) is 26.0 Å². The van der Waals surface area contributed by atoms with Gasteiger partial charge >= 0.3 is 0 Å². The van der Waals surface area contributed by atoms with Crippen LogP contribution in [0.1, 0.15) is 0 Å². The molecule has 5 heteroatoms. The van der Waals surface area contributed by atoms with Gasteiger partial charge in [-0.05, 0) is 29.8 Å². The number of halogens is 4. The van der Waals surface area contributed by atoms with Crippen LogP contribution in [0.5, 0.6) is 0 Å². The van der Waals surface area contributed by atoms with Gasteiger partial charge in [0.05, 0.1) is 20.8 Å². The Morgan fingerprint density at radius 1 is 0.882 bits per heavy atom. The SMILES string of the molecule is Nc1c(Cl)cc(F)cc1-c1ccc(Cl)c(Cl)c1. The van der Waals surface area contributed by atoms with Gasteiger partial charge in [-0.3, -0.25) is 0 Å². The third kappa shape index (κ3) is 2.49. The summed E-state index contributed by atoms with van der Waals surface area (Å²) >= 11 is 17.5. The molecule has 1 nitrogen and oxygen atoms in total. The van der Waals surface area contributed by atoms with Gasteiger partial charge in [0, 0.05) is 5.56 Å². The number of nitrogen functional groups attached to an aromatic ring is 1. The molecule has 0 bridgehead atoms. The van der Waals surface area contributed by atoms with Crippen molar-refractivity contribution in [3.8, 4) is 11.1 Å². The second-order valence-corrected chi connectivity index (χ2v) is 4.70. The van der Waals surface area contributed by atoms with Crippen LogP contribution in [0.2, 0.25) is 15.1 Å². The molecular formula is C12H7Cl3FN. The first-order valence-corrected chi connectivity index (χ1v) is 5.82. The van der Waals surface area contributed by atoms with E-state index in [0.717, 1.165) is 6.07 Å². The fraction of sp³-hybridized carbons (Fsp3) is 0. The van der Waals surface area contributed by atoms with E-state index in [1.807, 2.05) is 0 Å². The predicted molar refractivity (Wildman–Crippen MR) is 71.3 cm³/mol. The first kappa shape index (κ1) is 12.5. The lowest BCUT2D eigenvalue weighted by Crippen LogP contribution is -1.93. The molecule has 2 aromatic carbocycles. The van der Waals surface area contributed by atoms with Gasteiger partial charge in [0.25, 0.3) is 0 Å². The van der Waals surface area contributed by atoms with E-state index in [1.165, 1.54) is 6.07 Å². The van der Waals surface area contributed by atoms with Crippen LogP contribution in [-0.4, -0.2) is 0 Å². The molecule has 2 aromatic rings. The molecule has 0 aliphatic heterocycles. The minimum absolute atomic E-state index is 0.172. The fourth-order valence-electron chi connectivity index (χ4n) is 1.49. The third-order valence-electron chi connectivity index (χ3n) is 2.32. The van der Waals surface area contributed by atoms with Crippen LogP contribution in [0.25, 0.3) is 11.1 Å². The van der Waals surface area contributed by atoms with Gasteiger partial charge in [-0.25, -0.2) is 4.39 Å². The standard InChI is InChI=1S/C12H7Cl3FN/c13-9-2-1-6(3-10(9)14)8-4-7(16)5-11(15)12(8)17/h1-5H,17H2. The molecule has 0 spiro atoms. The van der Waals surface area contributed by atoms with Crippen molar-refractivity contribution in [2.24, 2.45) is 0 Å². The zero-order valence-corrected chi connectivity index (χ0v) is 10.7. The summed E-state index contributed by atoms with van der Waals surface area (Å²) in [5.74, 6) is -0.453. The van der Waals surface area contributed by atoms with E-state index in [2.05, 4.69) is 0 Å². The zero-order valence-electron chi connectivity index (χ0n) is 8.48. The molecule has 0 heterocycles. The van der Waals surface area contributed by atoms with E-state index in [0.29, 0.717) is 26.9 Å². The van der Waals surface area contributed by atoms with Gasteiger partial charge in [0.2, 0.25) is 0 Å². The zero-order chi connectivity index (χ0) is 12.6. The van der Waals surface area contributed by atoms with Crippen molar-refractivity contribution in [2.75, 3.05) is 5.73 Å². The molecule has 0 aromatic heterocycles. The van der Waals surface area contributed by atoms with Crippen LogP contribution < -0.4 is 5.73 Å². The van der Waals surface area contributed by atoms with Crippen LogP contribution in [0.3, 0.4) is 0 Å². The average Bonchev–Trinajstić information content (AvgIpc) is 2.27. The first-order chi connectivity index (χ1) is 7.99. The second kappa shape index (κ2) is 4.73. The first-order valence-electron chi connectivity index (χ1n) is 4.69. The van der Waals surface area contributed by atoms with Gasteiger partial charge in [-0.2, -0.15) is 0 Å².